The molecule has 1 aliphatic rings. The Morgan fingerprint density at radius 1 is 1.56 bits per heavy atom. The summed E-state index contributed by atoms with van der Waals surface area (Å²) < 4.78 is 5.50. The molecule has 2 N–H and O–H groups in total. The zero-order valence-corrected chi connectivity index (χ0v) is 10.8. The van der Waals surface area contributed by atoms with Gasteiger partial charge in [0.1, 0.15) is 0 Å². The fraction of sp³-hybridized carbons (Fsp3) is 1.00. The molecule has 1 saturated heterocycles. The number of aliphatic hydroxyl groups excluding tert-OH is 1. The van der Waals surface area contributed by atoms with Gasteiger partial charge < -0.3 is 15.2 Å². The molecular weight excluding hydrogens is 204 g/mol. The van der Waals surface area contributed by atoms with E-state index >= 15 is 0 Å². The van der Waals surface area contributed by atoms with Crippen molar-refractivity contribution < 1.29 is 9.84 Å². The van der Waals surface area contributed by atoms with E-state index < -0.39 is 0 Å². The van der Waals surface area contributed by atoms with Crippen molar-refractivity contribution in [1.82, 2.24) is 10.2 Å². The predicted octanol–water partition coefficient (Wildman–Crippen LogP) is 0.458. The Kier molecular flexibility index (Phi) is 5.69. The van der Waals surface area contributed by atoms with Crippen molar-refractivity contribution in [2.24, 2.45) is 0 Å². The summed E-state index contributed by atoms with van der Waals surface area (Å²) >= 11 is 0. The Balaban J connectivity index is 2.19. The topological polar surface area (TPSA) is 44.7 Å². The molecule has 1 heterocycles. The van der Waals surface area contributed by atoms with Crippen LogP contribution in [0.1, 0.15) is 26.7 Å². The van der Waals surface area contributed by atoms with Gasteiger partial charge in [0.05, 0.1) is 19.3 Å². The number of hydrogen-bond acceptors (Lipinski definition) is 4. The highest BCUT2D eigenvalue weighted by Gasteiger charge is 2.21. The number of nitrogens with one attached hydrogen (secondary N) is 1. The fourth-order valence-corrected chi connectivity index (χ4v) is 2.07. The summed E-state index contributed by atoms with van der Waals surface area (Å²) in [7, 11) is 1.91. The lowest BCUT2D eigenvalue weighted by Crippen LogP contribution is -2.45. The van der Waals surface area contributed by atoms with Crippen LogP contribution in [-0.4, -0.2) is 61.5 Å². The first-order valence-corrected chi connectivity index (χ1v) is 6.23. The molecule has 16 heavy (non-hydrogen) atoms. The summed E-state index contributed by atoms with van der Waals surface area (Å²) in [5.41, 5.74) is -0.127. The second-order valence-corrected chi connectivity index (χ2v) is 5.05. The molecule has 0 aliphatic carbocycles. The van der Waals surface area contributed by atoms with Gasteiger partial charge in [-0.15, -0.1) is 0 Å². The summed E-state index contributed by atoms with van der Waals surface area (Å²) in [4.78, 5) is 2.45. The van der Waals surface area contributed by atoms with E-state index in [1.54, 1.807) is 0 Å². The summed E-state index contributed by atoms with van der Waals surface area (Å²) in [5, 5.41) is 12.4. The van der Waals surface area contributed by atoms with Crippen LogP contribution in [0.4, 0.5) is 0 Å². The molecule has 1 fully saturated rings. The first-order chi connectivity index (χ1) is 7.59. The van der Waals surface area contributed by atoms with Gasteiger partial charge in [0.15, 0.2) is 0 Å². The van der Waals surface area contributed by atoms with Gasteiger partial charge in [-0.25, -0.2) is 0 Å². The largest absolute Gasteiger partial charge is 0.394 e. The van der Waals surface area contributed by atoms with Gasteiger partial charge in [-0.1, -0.05) is 0 Å². The molecule has 4 heteroatoms. The lowest BCUT2D eigenvalue weighted by molar-refractivity contribution is -0.0193. The quantitative estimate of drug-likeness (QED) is 0.696. The lowest BCUT2D eigenvalue weighted by Gasteiger charge is -2.32. The molecule has 0 spiro atoms. The summed E-state index contributed by atoms with van der Waals surface area (Å²) in [6, 6.07) is 0. The van der Waals surface area contributed by atoms with Gasteiger partial charge in [0.2, 0.25) is 0 Å². The third-order valence-electron chi connectivity index (χ3n) is 3.48. The van der Waals surface area contributed by atoms with Crippen LogP contribution < -0.4 is 5.32 Å². The van der Waals surface area contributed by atoms with E-state index in [4.69, 9.17) is 4.74 Å². The highest BCUT2D eigenvalue weighted by molar-refractivity contribution is 4.81. The second kappa shape index (κ2) is 6.55. The summed E-state index contributed by atoms with van der Waals surface area (Å²) in [5.74, 6) is 0. The van der Waals surface area contributed by atoms with Gasteiger partial charge in [-0.3, -0.25) is 4.90 Å². The fourth-order valence-electron chi connectivity index (χ4n) is 2.07. The van der Waals surface area contributed by atoms with Crippen molar-refractivity contribution in [2.75, 3.05) is 39.9 Å². The number of hydrogen-bond donors (Lipinski definition) is 2. The van der Waals surface area contributed by atoms with Crippen LogP contribution in [0.15, 0.2) is 0 Å². The van der Waals surface area contributed by atoms with Crippen LogP contribution in [0, 0.1) is 0 Å². The number of nitrogens with zero attached hydrogens (tertiary/aromatic N) is 1. The van der Waals surface area contributed by atoms with Crippen molar-refractivity contribution in [2.45, 2.75) is 38.3 Å². The first-order valence-electron chi connectivity index (χ1n) is 6.23. The van der Waals surface area contributed by atoms with E-state index in [-0.39, 0.29) is 12.1 Å². The van der Waals surface area contributed by atoms with E-state index in [9.17, 15) is 5.11 Å². The lowest BCUT2D eigenvalue weighted by atomic mass is 9.97. The molecule has 1 aliphatic heterocycles. The maximum Gasteiger partial charge on any atom is 0.0674 e. The molecule has 0 radical (unpaired) electrons. The number of ether oxygens (including phenoxy) is 1. The third kappa shape index (κ3) is 4.37. The highest BCUT2D eigenvalue weighted by Crippen LogP contribution is 2.12. The number of morpholine rings is 1. The van der Waals surface area contributed by atoms with Crippen LogP contribution in [0.25, 0.3) is 0 Å². The average Bonchev–Trinajstić information content (AvgIpc) is 2.29. The Hall–Kier alpha value is -0.160. The van der Waals surface area contributed by atoms with Gasteiger partial charge in [0, 0.05) is 18.6 Å². The number of aliphatic hydroxyl groups is 1. The van der Waals surface area contributed by atoms with Gasteiger partial charge >= 0.3 is 0 Å². The molecule has 96 valence electrons. The van der Waals surface area contributed by atoms with Crippen molar-refractivity contribution in [3.8, 4) is 0 Å². The van der Waals surface area contributed by atoms with Crippen molar-refractivity contribution in [3.63, 3.8) is 0 Å². The summed E-state index contributed by atoms with van der Waals surface area (Å²) in [6.45, 7) is 8.42. The van der Waals surface area contributed by atoms with E-state index in [0.717, 1.165) is 39.1 Å². The van der Waals surface area contributed by atoms with Gasteiger partial charge in [-0.05, 0) is 40.3 Å². The van der Waals surface area contributed by atoms with E-state index in [0.29, 0.717) is 6.10 Å². The molecule has 0 aromatic rings. The van der Waals surface area contributed by atoms with E-state index in [2.05, 4.69) is 24.1 Å². The maximum atomic E-state index is 9.27. The average molecular weight is 230 g/mol. The van der Waals surface area contributed by atoms with Crippen LogP contribution >= 0.6 is 0 Å². The predicted molar refractivity (Wildman–Crippen MR) is 65.6 cm³/mol. The SMILES string of the molecule is CNC(C)(CO)CCCN1CCOC(C)C1. The molecule has 4 nitrogen and oxygen atoms in total. The Labute approximate surface area is 99.0 Å². The molecule has 0 aromatic heterocycles. The molecule has 0 bridgehead atoms. The molecular formula is C12H26N2O2. The molecule has 0 aromatic carbocycles. The van der Waals surface area contributed by atoms with Crippen molar-refractivity contribution in [1.29, 1.82) is 0 Å². The van der Waals surface area contributed by atoms with Gasteiger partial charge in [-0.2, -0.15) is 0 Å². The monoisotopic (exact) mass is 230 g/mol. The minimum Gasteiger partial charge on any atom is -0.394 e. The standard InChI is InChI=1S/C12H26N2O2/c1-11-9-14(7-8-16-11)6-4-5-12(2,10-15)13-3/h11,13,15H,4-10H2,1-3H3. The molecule has 0 amide bonds. The summed E-state index contributed by atoms with van der Waals surface area (Å²) in [6.07, 6.45) is 2.48. The first kappa shape index (κ1) is 13.9. The maximum absolute atomic E-state index is 9.27. The number of likely N-dealkylation sites (N-methyl/N-ethyl adjacent to an activating group) is 1. The minimum absolute atomic E-state index is 0.127. The van der Waals surface area contributed by atoms with Crippen LogP contribution in [0.2, 0.25) is 0 Å². The zero-order chi connectivity index (χ0) is 12.0. The minimum atomic E-state index is -0.127. The normalized spacial score (nSPS) is 26.6. The smallest absolute Gasteiger partial charge is 0.0674 e. The van der Waals surface area contributed by atoms with Gasteiger partial charge in [0.25, 0.3) is 0 Å². The molecule has 1 rings (SSSR count). The van der Waals surface area contributed by atoms with E-state index in [1.165, 1.54) is 0 Å². The Bertz CT molecular complexity index is 195. The molecule has 2 atom stereocenters. The Morgan fingerprint density at radius 2 is 2.31 bits per heavy atom. The third-order valence-corrected chi connectivity index (χ3v) is 3.48. The second-order valence-electron chi connectivity index (χ2n) is 5.05. The van der Waals surface area contributed by atoms with E-state index in [1.807, 2.05) is 7.05 Å². The Morgan fingerprint density at radius 3 is 2.88 bits per heavy atom. The van der Waals surface area contributed by atoms with Crippen LogP contribution in [0.5, 0.6) is 0 Å². The van der Waals surface area contributed by atoms with Crippen LogP contribution in [0.3, 0.4) is 0 Å². The zero-order valence-electron chi connectivity index (χ0n) is 10.8. The van der Waals surface area contributed by atoms with Crippen LogP contribution in [-0.2, 0) is 4.74 Å². The van der Waals surface area contributed by atoms with Crippen molar-refractivity contribution >= 4 is 0 Å². The van der Waals surface area contributed by atoms with Crippen molar-refractivity contribution in [3.05, 3.63) is 0 Å². The molecule has 2 unspecified atom stereocenters. The molecule has 0 saturated carbocycles. The highest BCUT2D eigenvalue weighted by atomic mass is 16.5. The number of rotatable bonds is 6.